The second kappa shape index (κ2) is 6.82. The molecule has 8 nitrogen and oxygen atoms in total. The Morgan fingerprint density at radius 2 is 1.86 bits per heavy atom. The van der Waals surface area contributed by atoms with Gasteiger partial charge in [-0.2, -0.15) is 8.42 Å². The van der Waals surface area contributed by atoms with Crippen LogP contribution in [0.4, 0.5) is 4.79 Å². The molecule has 2 atom stereocenters. The number of esters is 1. The van der Waals surface area contributed by atoms with E-state index in [4.69, 9.17) is 13.7 Å². The summed E-state index contributed by atoms with van der Waals surface area (Å²) in [4.78, 5) is 25.1. The molecule has 0 N–H and O–H groups in total. The molecule has 0 aromatic rings. The van der Waals surface area contributed by atoms with E-state index in [1.54, 1.807) is 27.7 Å². The molecule has 2 unspecified atom stereocenters. The van der Waals surface area contributed by atoms with Crippen LogP contribution >= 0.6 is 0 Å². The minimum absolute atomic E-state index is 0.117. The number of carbonyl (C=O) groups excluding carboxylic acids is 2. The SMILES string of the molecule is CCOC(=O)C1CN(C(=O)OC(C)(C)C)C1COS(C)(=O)=O. The van der Waals surface area contributed by atoms with Crippen molar-refractivity contribution >= 4 is 22.2 Å². The third-order valence-electron chi connectivity index (χ3n) is 2.93. The van der Waals surface area contributed by atoms with Gasteiger partial charge in [0, 0.05) is 6.54 Å². The molecule has 0 aliphatic carbocycles. The number of nitrogens with zero attached hydrogens (tertiary/aromatic N) is 1. The predicted octanol–water partition coefficient (Wildman–Crippen LogP) is 0.761. The third kappa shape index (κ3) is 5.45. The lowest BCUT2D eigenvalue weighted by Crippen LogP contribution is -2.64. The Balaban J connectivity index is 2.77. The van der Waals surface area contributed by atoms with Crippen molar-refractivity contribution in [3.8, 4) is 0 Å². The third-order valence-corrected chi connectivity index (χ3v) is 3.49. The molecule has 1 amide bonds. The van der Waals surface area contributed by atoms with Gasteiger partial charge in [0.25, 0.3) is 10.1 Å². The van der Waals surface area contributed by atoms with Crippen molar-refractivity contribution in [1.82, 2.24) is 4.90 Å². The molecule has 22 heavy (non-hydrogen) atoms. The number of likely N-dealkylation sites (tertiary alicyclic amines) is 1. The van der Waals surface area contributed by atoms with E-state index in [1.165, 1.54) is 4.90 Å². The van der Waals surface area contributed by atoms with Crippen LogP contribution in [0.1, 0.15) is 27.7 Å². The van der Waals surface area contributed by atoms with Gasteiger partial charge in [-0.25, -0.2) is 4.79 Å². The molecule has 0 bridgehead atoms. The van der Waals surface area contributed by atoms with E-state index >= 15 is 0 Å². The van der Waals surface area contributed by atoms with Crippen molar-refractivity contribution in [2.24, 2.45) is 5.92 Å². The van der Waals surface area contributed by atoms with E-state index in [0.717, 1.165) is 6.26 Å². The Bertz CT molecular complexity index is 523. The number of hydrogen-bond acceptors (Lipinski definition) is 7. The van der Waals surface area contributed by atoms with Crippen LogP contribution in [-0.4, -0.2) is 63.0 Å². The van der Waals surface area contributed by atoms with Crippen LogP contribution in [0.2, 0.25) is 0 Å². The van der Waals surface area contributed by atoms with Crippen LogP contribution in [0.5, 0.6) is 0 Å². The summed E-state index contributed by atoms with van der Waals surface area (Å²) in [5.74, 6) is -1.10. The minimum atomic E-state index is -3.67. The summed E-state index contributed by atoms with van der Waals surface area (Å²) in [6.07, 6.45) is 0.290. The van der Waals surface area contributed by atoms with Crippen molar-refractivity contribution < 1.29 is 31.7 Å². The van der Waals surface area contributed by atoms with E-state index < -0.39 is 39.7 Å². The summed E-state index contributed by atoms with van der Waals surface area (Å²) in [7, 11) is -3.67. The molecular weight excluding hydrogens is 314 g/mol. The van der Waals surface area contributed by atoms with Crippen LogP contribution in [0, 0.1) is 5.92 Å². The van der Waals surface area contributed by atoms with Gasteiger partial charge in [-0.3, -0.25) is 8.98 Å². The summed E-state index contributed by atoms with van der Waals surface area (Å²) in [6.45, 7) is 6.85. The molecule has 128 valence electrons. The van der Waals surface area contributed by atoms with Gasteiger partial charge >= 0.3 is 12.1 Å². The quantitative estimate of drug-likeness (QED) is 0.539. The molecule has 0 aromatic heterocycles. The lowest BCUT2D eigenvalue weighted by atomic mass is 9.89. The smallest absolute Gasteiger partial charge is 0.410 e. The highest BCUT2D eigenvalue weighted by Gasteiger charge is 2.48. The van der Waals surface area contributed by atoms with Crippen molar-refractivity contribution in [2.45, 2.75) is 39.3 Å². The van der Waals surface area contributed by atoms with Gasteiger partial charge in [-0.15, -0.1) is 0 Å². The highest BCUT2D eigenvalue weighted by molar-refractivity contribution is 7.85. The van der Waals surface area contributed by atoms with Crippen molar-refractivity contribution in [1.29, 1.82) is 0 Å². The molecule has 1 aliphatic rings. The van der Waals surface area contributed by atoms with Gasteiger partial charge in [-0.05, 0) is 27.7 Å². The Labute approximate surface area is 130 Å². The molecule has 1 aliphatic heterocycles. The number of carbonyl (C=O) groups is 2. The van der Waals surface area contributed by atoms with Crippen LogP contribution in [0.3, 0.4) is 0 Å². The molecule has 9 heteroatoms. The fraction of sp³-hybridized carbons (Fsp3) is 0.846. The highest BCUT2D eigenvalue weighted by atomic mass is 32.2. The van der Waals surface area contributed by atoms with E-state index in [1.807, 2.05) is 0 Å². The fourth-order valence-electron chi connectivity index (χ4n) is 1.96. The first-order valence-electron chi connectivity index (χ1n) is 6.95. The Morgan fingerprint density at radius 3 is 2.32 bits per heavy atom. The summed E-state index contributed by atoms with van der Waals surface area (Å²) < 4.78 is 37.1. The summed E-state index contributed by atoms with van der Waals surface area (Å²) in [5.41, 5.74) is -0.686. The second-order valence-corrected chi connectivity index (χ2v) is 7.69. The normalized spacial score (nSPS) is 22.0. The maximum atomic E-state index is 12.0. The topological polar surface area (TPSA) is 99.2 Å². The lowest BCUT2D eigenvalue weighted by molar-refractivity contribution is -0.159. The van der Waals surface area contributed by atoms with Gasteiger partial charge in [0.15, 0.2) is 0 Å². The van der Waals surface area contributed by atoms with Crippen LogP contribution < -0.4 is 0 Å². The van der Waals surface area contributed by atoms with Gasteiger partial charge in [0.2, 0.25) is 0 Å². The van der Waals surface area contributed by atoms with Crippen molar-refractivity contribution in [3.63, 3.8) is 0 Å². The molecule has 1 saturated heterocycles. The molecule has 1 heterocycles. The Morgan fingerprint density at radius 1 is 1.27 bits per heavy atom. The van der Waals surface area contributed by atoms with Crippen LogP contribution in [0.25, 0.3) is 0 Å². The largest absolute Gasteiger partial charge is 0.466 e. The number of ether oxygens (including phenoxy) is 2. The predicted molar refractivity (Wildman–Crippen MR) is 77.6 cm³/mol. The molecule has 0 radical (unpaired) electrons. The zero-order chi connectivity index (χ0) is 17.1. The fourth-order valence-corrected chi connectivity index (χ4v) is 2.35. The lowest BCUT2D eigenvalue weighted by Gasteiger charge is -2.45. The number of rotatable bonds is 5. The van der Waals surface area contributed by atoms with Gasteiger partial charge in [0.1, 0.15) is 5.60 Å². The Kier molecular flexibility index (Phi) is 5.80. The maximum Gasteiger partial charge on any atom is 0.410 e. The summed E-state index contributed by atoms with van der Waals surface area (Å²) in [5, 5.41) is 0. The maximum absolute atomic E-state index is 12.0. The van der Waals surface area contributed by atoms with Crippen molar-refractivity contribution in [3.05, 3.63) is 0 Å². The average molecular weight is 337 g/mol. The molecular formula is C13H23NO7S. The van der Waals surface area contributed by atoms with E-state index in [0.29, 0.717) is 0 Å². The average Bonchev–Trinajstić information content (AvgIpc) is 2.23. The van der Waals surface area contributed by atoms with Crippen LogP contribution in [-0.2, 0) is 28.6 Å². The first kappa shape index (κ1) is 18.7. The molecule has 0 aromatic carbocycles. The zero-order valence-corrected chi connectivity index (χ0v) is 14.3. The molecule has 0 spiro atoms. The minimum Gasteiger partial charge on any atom is -0.466 e. The number of amides is 1. The standard InChI is InChI=1S/C13H23NO7S/c1-6-19-11(15)9-7-14(12(16)21-13(2,3)4)10(9)8-20-22(5,17)18/h9-10H,6-8H2,1-5H3. The Hall–Kier alpha value is -1.35. The van der Waals surface area contributed by atoms with Gasteiger partial charge in [-0.1, -0.05) is 0 Å². The van der Waals surface area contributed by atoms with Crippen molar-refractivity contribution in [2.75, 3.05) is 26.0 Å². The van der Waals surface area contributed by atoms with Gasteiger partial charge < -0.3 is 14.4 Å². The van der Waals surface area contributed by atoms with Crippen LogP contribution in [0.15, 0.2) is 0 Å². The summed E-state index contributed by atoms with van der Waals surface area (Å²) >= 11 is 0. The van der Waals surface area contributed by atoms with E-state index in [2.05, 4.69) is 0 Å². The monoisotopic (exact) mass is 337 g/mol. The summed E-state index contributed by atoms with van der Waals surface area (Å²) in [6, 6.07) is -0.719. The second-order valence-electron chi connectivity index (χ2n) is 6.05. The molecule has 1 fully saturated rings. The highest BCUT2D eigenvalue weighted by Crippen LogP contribution is 2.29. The molecule has 1 rings (SSSR count). The first-order valence-corrected chi connectivity index (χ1v) is 8.77. The van der Waals surface area contributed by atoms with E-state index in [-0.39, 0.29) is 19.8 Å². The molecule has 0 saturated carbocycles. The first-order chi connectivity index (χ1) is 9.94. The van der Waals surface area contributed by atoms with E-state index in [9.17, 15) is 18.0 Å². The number of hydrogen-bond donors (Lipinski definition) is 0. The zero-order valence-electron chi connectivity index (χ0n) is 13.5. The van der Waals surface area contributed by atoms with Gasteiger partial charge in [0.05, 0.1) is 31.4 Å².